The van der Waals surface area contributed by atoms with E-state index in [1.807, 2.05) is 0 Å². The molecule has 4 aromatic carbocycles. The van der Waals surface area contributed by atoms with E-state index in [9.17, 15) is 0 Å². The van der Waals surface area contributed by atoms with Gasteiger partial charge in [-0.05, 0) is 238 Å². The number of fused-ring (bicyclic) bond motifs is 8. The molecule has 0 spiro atoms. The van der Waals surface area contributed by atoms with Crippen molar-refractivity contribution in [2.45, 2.75) is 209 Å². The number of halogens is 8. The lowest BCUT2D eigenvalue weighted by molar-refractivity contribution is 0.568. The molecule has 0 amide bonds. The minimum atomic E-state index is -0.187. The first kappa shape index (κ1) is 69.7. The fraction of sp³-hybridized carbons (Fsp3) is 0.421. The van der Waals surface area contributed by atoms with Gasteiger partial charge in [0.05, 0.1) is 80.7 Å². The smallest absolute Gasteiger partial charge is 0.0891 e. The fourth-order valence-corrected chi connectivity index (χ4v) is 15.1. The van der Waals surface area contributed by atoms with Gasteiger partial charge in [-0.25, -0.2) is 9.97 Å². The molecule has 0 unspecified atom stereocenters. The molecule has 4 nitrogen and oxygen atoms in total. The molecule has 88 heavy (non-hydrogen) atoms. The third kappa shape index (κ3) is 13.4. The lowest BCUT2D eigenvalue weighted by Gasteiger charge is -2.26. The second-order valence-corrected chi connectivity index (χ2v) is 38.9. The zero-order valence-electron chi connectivity index (χ0n) is 55.8. The van der Waals surface area contributed by atoms with E-state index >= 15 is 0 Å². The summed E-state index contributed by atoms with van der Waals surface area (Å²) in [6.45, 7) is 55.2. The van der Waals surface area contributed by atoms with Crippen LogP contribution in [-0.4, -0.2) is 19.9 Å². The average Bonchev–Trinajstić information content (AvgIpc) is 1.65. The molecule has 0 fully saturated rings. The molecule has 0 radical (unpaired) electrons. The molecular formula is C76H86Br8N4. The molecule has 0 atom stereocenters. The van der Waals surface area contributed by atoms with E-state index in [0.29, 0.717) is 0 Å². The van der Waals surface area contributed by atoms with Gasteiger partial charge in [-0.2, -0.15) is 0 Å². The van der Waals surface area contributed by atoms with Crippen LogP contribution in [-0.2, 0) is 43.3 Å². The summed E-state index contributed by atoms with van der Waals surface area (Å²) < 4.78 is 6.73. The molecule has 0 saturated carbocycles. The standard InChI is InChI=1S/C76H86Br8N4/c1-69(2,3)41-25-37(26-42(33-41)70(4,5)6)49-61-53(77)55(79)63(85-61)50(38-27-43(71(7,8)9)34-44(28-38)72(10,11)12)65-57(81)59(83)67(87-65)52(40-31-47(75(19,20)21)36-48(32-40)76(22,23)24)68-60(84)58(82)66(88-68)51(64-56(80)54(78)62(49)86-64)39-29-45(73(13,14)15)35-46(30-39)74(16,17)18/h25-36,85,88H,1-24H3. The summed E-state index contributed by atoms with van der Waals surface area (Å²) in [6, 6.07) is 28.6. The molecule has 7 aromatic rings. The van der Waals surface area contributed by atoms with Crippen molar-refractivity contribution in [1.29, 1.82) is 0 Å². The van der Waals surface area contributed by atoms with Gasteiger partial charge in [0, 0.05) is 22.3 Å². The molecule has 12 heteroatoms. The van der Waals surface area contributed by atoms with E-state index in [0.717, 1.165) is 125 Å². The van der Waals surface area contributed by atoms with Gasteiger partial charge < -0.3 is 9.97 Å². The highest BCUT2D eigenvalue weighted by Crippen LogP contribution is 2.55. The van der Waals surface area contributed by atoms with Gasteiger partial charge in [0.1, 0.15) is 0 Å². The average molecular weight is 1690 g/mol. The number of nitrogens with zero attached hydrogens (tertiary/aromatic N) is 2. The van der Waals surface area contributed by atoms with E-state index in [-0.39, 0.29) is 43.3 Å². The molecular weight excluding hydrogens is 1610 g/mol. The van der Waals surface area contributed by atoms with Gasteiger partial charge in [0.2, 0.25) is 0 Å². The lowest BCUT2D eigenvalue weighted by atomic mass is 9.78. The van der Waals surface area contributed by atoms with Crippen LogP contribution in [0.2, 0.25) is 0 Å². The van der Waals surface area contributed by atoms with Crippen molar-refractivity contribution in [2.75, 3.05) is 0 Å². The van der Waals surface area contributed by atoms with E-state index in [2.05, 4.69) is 376 Å². The van der Waals surface area contributed by atoms with Crippen LogP contribution in [0.25, 0.3) is 84.5 Å². The Bertz CT molecular complexity index is 3630. The first-order valence-electron chi connectivity index (χ1n) is 30.3. The molecule has 5 heterocycles. The van der Waals surface area contributed by atoms with Crippen LogP contribution in [0.15, 0.2) is 90.7 Å². The van der Waals surface area contributed by atoms with Crippen molar-refractivity contribution < 1.29 is 0 Å². The van der Waals surface area contributed by atoms with Crippen LogP contribution >= 0.6 is 127 Å². The number of rotatable bonds is 4. The summed E-state index contributed by atoms with van der Waals surface area (Å²) in [7, 11) is 0. The summed E-state index contributed by atoms with van der Waals surface area (Å²) in [5.74, 6) is 0. The van der Waals surface area contributed by atoms with Crippen LogP contribution in [0.5, 0.6) is 0 Å². The maximum absolute atomic E-state index is 6.06. The van der Waals surface area contributed by atoms with Gasteiger partial charge in [-0.3, -0.25) is 0 Å². The van der Waals surface area contributed by atoms with Crippen molar-refractivity contribution in [3.8, 4) is 44.5 Å². The van der Waals surface area contributed by atoms with Crippen LogP contribution in [0.4, 0.5) is 0 Å². The molecule has 9 rings (SSSR count). The number of benzene rings is 4. The summed E-state index contributed by atoms with van der Waals surface area (Å²) in [6.07, 6.45) is 0. The Labute approximate surface area is 593 Å². The third-order valence-electron chi connectivity index (χ3n) is 17.2. The van der Waals surface area contributed by atoms with Crippen LogP contribution in [0.3, 0.4) is 0 Å². The number of aromatic amines is 2. The normalized spacial score (nSPS) is 14.3. The predicted molar refractivity (Wildman–Crippen MR) is 412 cm³/mol. The Morgan fingerprint density at radius 2 is 0.364 bits per heavy atom. The van der Waals surface area contributed by atoms with E-state index < -0.39 is 0 Å². The number of nitrogens with one attached hydrogen (secondary N) is 2. The summed E-state index contributed by atoms with van der Waals surface area (Å²) in [4.78, 5) is 20.5. The van der Waals surface area contributed by atoms with Gasteiger partial charge in [0.15, 0.2) is 0 Å². The van der Waals surface area contributed by atoms with Gasteiger partial charge in [-0.1, -0.05) is 239 Å². The molecule has 0 aliphatic carbocycles. The lowest BCUT2D eigenvalue weighted by Crippen LogP contribution is -2.16. The predicted octanol–water partition coefficient (Wildman–Crippen LogP) is 27.6. The molecule has 8 bridgehead atoms. The van der Waals surface area contributed by atoms with Crippen LogP contribution < -0.4 is 0 Å². The van der Waals surface area contributed by atoms with Crippen LogP contribution in [0, 0.1) is 0 Å². The van der Waals surface area contributed by atoms with Crippen molar-refractivity contribution in [3.05, 3.63) is 158 Å². The number of hydrogen-bond acceptors (Lipinski definition) is 2. The van der Waals surface area contributed by atoms with Gasteiger partial charge in [-0.15, -0.1) is 0 Å². The number of hydrogen-bond donors (Lipinski definition) is 2. The molecule has 2 aliphatic heterocycles. The second-order valence-electron chi connectivity index (χ2n) is 32.6. The first-order chi connectivity index (χ1) is 40.0. The molecule has 2 N–H and O–H groups in total. The second kappa shape index (κ2) is 23.7. The molecule has 466 valence electrons. The van der Waals surface area contributed by atoms with Gasteiger partial charge in [0.25, 0.3) is 0 Å². The summed E-state index contributed by atoms with van der Waals surface area (Å²) in [5, 5.41) is 0. The first-order valence-corrected chi connectivity index (χ1v) is 36.7. The fourth-order valence-electron chi connectivity index (χ4n) is 11.2. The maximum atomic E-state index is 6.06. The minimum absolute atomic E-state index is 0.187. The molecule has 0 saturated heterocycles. The highest BCUT2D eigenvalue weighted by atomic mass is 79.9. The van der Waals surface area contributed by atoms with E-state index in [1.165, 1.54) is 44.5 Å². The van der Waals surface area contributed by atoms with Crippen molar-refractivity contribution in [2.24, 2.45) is 0 Å². The van der Waals surface area contributed by atoms with Crippen molar-refractivity contribution in [1.82, 2.24) is 19.9 Å². The van der Waals surface area contributed by atoms with Gasteiger partial charge >= 0.3 is 0 Å². The third-order valence-corrected chi connectivity index (χ3v) is 25.6. The zero-order chi connectivity index (χ0) is 65.8. The van der Waals surface area contributed by atoms with Crippen LogP contribution in [0.1, 0.15) is 233 Å². The number of aromatic nitrogens is 4. The largest absolute Gasteiger partial charge is 0.352 e. The minimum Gasteiger partial charge on any atom is -0.352 e. The van der Waals surface area contributed by atoms with E-state index in [1.54, 1.807) is 0 Å². The monoisotopic (exact) mass is 1690 g/mol. The Hall–Kier alpha value is -2.68. The Balaban J connectivity index is 1.71. The SMILES string of the molecule is CC(C)(C)c1cc(-c2c3nc(c(-c4cc(C(C)(C)C)cc(C(C)(C)C)c4)c4[nH]c(c(Br)c4Br)c(-c4cc(C(C)(C)C)cc(C(C)(C)C)c4)c4nc(c(-c5cc(C(C)(C)C)cc(C(C)(C)C)c5)c5[nH]c2c(Br)c5Br)C(Br)=C4Br)C(Br)=C3Br)cc(C(C)(C)C)c1. The summed E-state index contributed by atoms with van der Waals surface area (Å²) >= 11 is 34.6. The molecule has 3 aromatic heterocycles. The van der Waals surface area contributed by atoms with Crippen molar-refractivity contribution in [3.63, 3.8) is 0 Å². The number of H-pyrrole nitrogens is 2. The molecule has 2 aliphatic rings. The zero-order valence-corrected chi connectivity index (χ0v) is 68.5. The highest BCUT2D eigenvalue weighted by Gasteiger charge is 2.35. The topological polar surface area (TPSA) is 57.4 Å². The van der Waals surface area contributed by atoms with Crippen molar-refractivity contribution >= 4 is 167 Å². The highest BCUT2D eigenvalue weighted by molar-refractivity contribution is 9.18. The Morgan fingerprint density at radius 3 is 0.489 bits per heavy atom. The maximum Gasteiger partial charge on any atom is 0.0891 e. The van der Waals surface area contributed by atoms with E-state index in [4.69, 9.17) is 9.97 Å². The Kier molecular flexibility index (Phi) is 18.7. The summed E-state index contributed by atoms with van der Waals surface area (Å²) in [5.41, 5.74) is 22.7. The quantitative estimate of drug-likeness (QED) is 0.185. The Morgan fingerprint density at radius 1 is 0.227 bits per heavy atom.